The summed E-state index contributed by atoms with van der Waals surface area (Å²) < 4.78 is 5.15. The van der Waals surface area contributed by atoms with Crippen LogP contribution in [0.15, 0.2) is 28.9 Å². The molecule has 0 unspecified atom stereocenters. The molecule has 25 heavy (non-hydrogen) atoms. The fourth-order valence-corrected chi connectivity index (χ4v) is 2.84. The Hall–Kier alpha value is -2.41. The van der Waals surface area contributed by atoms with E-state index in [-0.39, 0.29) is 5.91 Å². The Morgan fingerprint density at radius 1 is 1.28 bits per heavy atom. The molecule has 0 spiro atoms. The molecule has 0 aliphatic carbocycles. The van der Waals surface area contributed by atoms with Gasteiger partial charge in [0.1, 0.15) is 11.6 Å². The fourth-order valence-electron chi connectivity index (χ4n) is 2.84. The number of rotatable bonds is 6. The van der Waals surface area contributed by atoms with Gasteiger partial charge in [-0.25, -0.2) is 4.98 Å². The summed E-state index contributed by atoms with van der Waals surface area (Å²) in [5.41, 5.74) is 1.35. The average molecular weight is 343 g/mol. The Kier molecular flexibility index (Phi) is 5.65. The summed E-state index contributed by atoms with van der Waals surface area (Å²) in [6.07, 6.45) is 3.55. The summed E-state index contributed by atoms with van der Waals surface area (Å²) in [6.45, 7) is 6.52. The number of anilines is 1. The molecule has 2 aromatic heterocycles. The molecule has 1 fully saturated rings. The van der Waals surface area contributed by atoms with Crippen LogP contribution in [-0.4, -0.2) is 54.2 Å². The number of nitrogens with one attached hydrogen (secondary N) is 1. The molecule has 0 bridgehead atoms. The third-order valence-corrected chi connectivity index (χ3v) is 4.38. The molecular formula is C18H25N5O2. The van der Waals surface area contributed by atoms with Crippen molar-refractivity contribution in [2.24, 2.45) is 0 Å². The van der Waals surface area contributed by atoms with Gasteiger partial charge in [0, 0.05) is 51.4 Å². The second-order valence-corrected chi connectivity index (χ2v) is 6.42. The van der Waals surface area contributed by atoms with Crippen LogP contribution in [0.2, 0.25) is 0 Å². The number of aryl methyl sites for hydroxylation is 1. The molecule has 1 amide bonds. The van der Waals surface area contributed by atoms with E-state index >= 15 is 0 Å². The number of carbonyl (C=O) groups excluding carboxylic acids is 1. The third kappa shape index (κ3) is 4.57. The van der Waals surface area contributed by atoms with E-state index in [1.165, 1.54) is 0 Å². The fraction of sp³-hybridized carbons (Fsp3) is 0.500. The van der Waals surface area contributed by atoms with Crippen molar-refractivity contribution in [1.82, 2.24) is 20.4 Å². The molecule has 134 valence electrons. The zero-order valence-corrected chi connectivity index (χ0v) is 14.9. The highest BCUT2D eigenvalue weighted by Gasteiger charge is 2.16. The number of pyridine rings is 1. The van der Waals surface area contributed by atoms with Gasteiger partial charge in [-0.3, -0.25) is 4.79 Å². The van der Waals surface area contributed by atoms with Gasteiger partial charge in [0.25, 0.3) is 5.91 Å². The Labute approximate surface area is 148 Å². The molecule has 7 nitrogen and oxygen atoms in total. The number of aromatic nitrogens is 2. The summed E-state index contributed by atoms with van der Waals surface area (Å²) in [7, 11) is 2.13. The summed E-state index contributed by atoms with van der Waals surface area (Å²) >= 11 is 0. The molecule has 0 radical (unpaired) electrons. The smallest absolute Gasteiger partial charge is 0.273 e. The number of likely N-dealkylation sites (N-methyl/N-ethyl adjacent to an activating group) is 1. The minimum Gasteiger partial charge on any atom is -0.361 e. The van der Waals surface area contributed by atoms with Crippen LogP contribution >= 0.6 is 0 Å². The van der Waals surface area contributed by atoms with Crippen LogP contribution in [0.3, 0.4) is 0 Å². The number of carbonyl (C=O) groups is 1. The van der Waals surface area contributed by atoms with Gasteiger partial charge in [0.2, 0.25) is 0 Å². The SMILES string of the molecule is CCCc1cc(C(=O)NCc2ccnc(N3CCN(C)CC3)c2)no1. The van der Waals surface area contributed by atoms with Gasteiger partial charge in [0.15, 0.2) is 5.69 Å². The van der Waals surface area contributed by atoms with Crippen molar-refractivity contribution in [2.75, 3.05) is 38.1 Å². The maximum atomic E-state index is 12.2. The van der Waals surface area contributed by atoms with Gasteiger partial charge < -0.3 is 19.6 Å². The van der Waals surface area contributed by atoms with E-state index < -0.39 is 0 Å². The zero-order valence-electron chi connectivity index (χ0n) is 14.9. The molecule has 7 heteroatoms. The van der Waals surface area contributed by atoms with E-state index in [9.17, 15) is 4.79 Å². The quantitative estimate of drug-likeness (QED) is 0.861. The molecule has 0 aromatic carbocycles. The van der Waals surface area contributed by atoms with Crippen LogP contribution in [0.4, 0.5) is 5.82 Å². The summed E-state index contributed by atoms with van der Waals surface area (Å²) in [5, 5.41) is 6.72. The van der Waals surface area contributed by atoms with Crippen molar-refractivity contribution in [3.05, 3.63) is 41.4 Å². The number of amides is 1. The first-order valence-corrected chi connectivity index (χ1v) is 8.78. The standard InChI is InChI=1S/C18H25N5O2/c1-3-4-15-12-16(21-25-15)18(24)20-13-14-5-6-19-17(11-14)23-9-7-22(2)8-10-23/h5-6,11-12H,3-4,7-10,13H2,1-2H3,(H,20,24). The highest BCUT2D eigenvalue weighted by molar-refractivity contribution is 5.92. The normalized spacial score (nSPS) is 15.4. The Bertz CT molecular complexity index is 707. The minimum atomic E-state index is -0.218. The van der Waals surface area contributed by atoms with Crippen molar-refractivity contribution < 1.29 is 9.32 Å². The first-order valence-electron chi connectivity index (χ1n) is 8.78. The van der Waals surface area contributed by atoms with E-state index in [1.54, 1.807) is 12.3 Å². The lowest BCUT2D eigenvalue weighted by molar-refractivity contribution is 0.0941. The zero-order chi connectivity index (χ0) is 17.6. The lowest BCUT2D eigenvalue weighted by atomic mass is 10.2. The maximum absolute atomic E-state index is 12.2. The van der Waals surface area contributed by atoms with E-state index in [0.29, 0.717) is 12.2 Å². The lowest BCUT2D eigenvalue weighted by Crippen LogP contribution is -2.44. The first-order chi connectivity index (χ1) is 12.2. The van der Waals surface area contributed by atoms with Gasteiger partial charge >= 0.3 is 0 Å². The summed E-state index contributed by atoms with van der Waals surface area (Å²) in [4.78, 5) is 21.2. The predicted molar refractivity (Wildman–Crippen MR) is 95.6 cm³/mol. The molecule has 1 aliphatic heterocycles. The van der Waals surface area contributed by atoms with Crippen molar-refractivity contribution >= 4 is 11.7 Å². The number of hydrogen-bond acceptors (Lipinski definition) is 6. The van der Waals surface area contributed by atoms with Crippen LogP contribution in [0.5, 0.6) is 0 Å². The largest absolute Gasteiger partial charge is 0.361 e. The number of nitrogens with zero attached hydrogens (tertiary/aromatic N) is 4. The van der Waals surface area contributed by atoms with Crippen LogP contribution < -0.4 is 10.2 Å². The number of piperazine rings is 1. The highest BCUT2D eigenvalue weighted by atomic mass is 16.5. The molecule has 1 saturated heterocycles. The van der Waals surface area contributed by atoms with Gasteiger partial charge in [-0.2, -0.15) is 0 Å². The minimum absolute atomic E-state index is 0.218. The van der Waals surface area contributed by atoms with Crippen LogP contribution in [0.1, 0.15) is 35.2 Å². The predicted octanol–water partition coefficient (Wildman–Crippen LogP) is 1.70. The molecule has 0 atom stereocenters. The molecule has 2 aromatic rings. The van der Waals surface area contributed by atoms with Crippen molar-refractivity contribution in [1.29, 1.82) is 0 Å². The van der Waals surface area contributed by atoms with Crippen LogP contribution in [0.25, 0.3) is 0 Å². The second-order valence-electron chi connectivity index (χ2n) is 6.42. The molecule has 1 aliphatic rings. The van der Waals surface area contributed by atoms with Gasteiger partial charge in [-0.05, 0) is 31.2 Å². The third-order valence-electron chi connectivity index (χ3n) is 4.38. The monoisotopic (exact) mass is 343 g/mol. The Morgan fingerprint density at radius 3 is 2.84 bits per heavy atom. The Morgan fingerprint density at radius 2 is 2.08 bits per heavy atom. The van der Waals surface area contributed by atoms with Gasteiger partial charge in [-0.1, -0.05) is 12.1 Å². The summed E-state index contributed by atoms with van der Waals surface area (Å²) in [6, 6.07) is 5.67. The molecule has 0 saturated carbocycles. The highest BCUT2D eigenvalue weighted by Crippen LogP contribution is 2.15. The van der Waals surface area contributed by atoms with Crippen LogP contribution in [0, 0.1) is 0 Å². The van der Waals surface area contributed by atoms with Crippen molar-refractivity contribution in [3.63, 3.8) is 0 Å². The topological polar surface area (TPSA) is 74.5 Å². The molecular weight excluding hydrogens is 318 g/mol. The van der Waals surface area contributed by atoms with E-state index in [2.05, 4.69) is 39.2 Å². The van der Waals surface area contributed by atoms with E-state index in [4.69, 9.17) is 4.52 Å². The summed E-state index contributed by atoms with van der Waals surface area (Å²) in [5.74, 6) is 1.49. The van der Waals surface area contributed by atoms with Crippen molar-refractivity contribution in [2.45, 2.75) is 26.3 Å². The molecule has 3 heterocycles. The lowest BCUT2D eigenvalue weighted by Gasteiger charge is -2.33. The molecule has 1 N–H and O–H groups in total. The number of hydrogen-bond donors (Lipinski definition) is 1. The maximum Gasteiger partial charge on any atom is 0.273 e. The van der Waals surface area contributed by atoms with Crippen LogP contribution in [-0.2, 0) is 13.0 Å². The van der Waals surface area contributed by atoms with Crippen molar-refractivity contribution in [3.8, 4) is 0 Å². The van der Waals surface area contributed by atoms with E-state index in [0.717, 1.165) is 56.2 Å². The van der Waals surface area contributed by atoms with E-state index in [1.807, 2.05) is 12.1 Å². The van der Waals surface area contributed by atoms with Gasteiger partial charge in [-0.15, -0.1) is 0 Å². The Balaban J connectivity index is 1.57. The van der Waals surface area contributed by atoms with Gasteiger partial charge in [0.05, 0.1) is 0 Å². The average Bonchev–Trinajstić information content (AvgIpc) is 3.10. The first kappa shape index (κ1) is 17.4. The second kappa shape index (κ2) is 8.11. The molecule has 3 rings (SSSR count).